The van der Waals surface area contributed by atoms with Crippen LogP contribution in [-0.4, -0.2) is 116 Å². The third kappa shape index (κ3) is 21.1. The van der Waals surface area contributed by atoms with Gasteiger partial charge < -0.3 is 0 Å². The number of fused-ring (bicyclic) bond motifs is 3. The molecular weight excluding hydrogens is 1720 g/mol. The molecule has 3 aliphatic carbocycles. The molecule has 10 aromatic rings. The number of hydrogen-bond donors (Lipinski definition) is 8. The number of hydrogen-bond acceptors (Lipinski definition) is 16. The van der Waals surface area contributed by atoms with Crippen LogP contribution < -0.4 is 45.9 Å². The van der Waals surface area contributed by atoms with E-state index in [2.05, 4.69) is 84.1 Å². The Labute approximate surface area is 611 Å². The molecular formula is C72H74N16Se8. The first-order valence-electron chi connectivity index (χ1n) is 30.7. The minimum absolute atomic E-state index is 0.117. The molecule has 0 unspecified atom stereocenters. The van der Waals surface area contributed by atoms with E-state index in [1.54, 1.807) is 0 Å². The van der Waals surface area contributed by atoms with Gasteiger partial charge in [-0.15, -0.1) is 0 Å². The third-order valence-electron chi connectivity index (χ3n) is 15.4. The second-order valence-electron chi connectivity index (χ2n) is 22.1. The monoisotopic (exact) mass is 1800 g/mol. The summed E-state index contributed by atoms with van der Waals surface area (Å²) in [6.07, 6.45) is 17.7. The molecule has 2 aromatic carbocycles. The van der Waals surface area contributed by atoms with E-state index in [1.165, 1.54) is 110 Å². The number of aryl methyl sites for hydroxylation is 5. The second-order valence-corrected chi connectivity index (χ2v) is 39.2. The van der Waals surface area contributed by atoms with Crippen LogP contribution in [0.4, 0.5) is 36.5 Å². The molecule has 490 valence electrons. The molecule has 0 aliphatic heterocycles. The zero-order chi connectivity index (χ0) is 69.8. The van der Waals surface area contributed by atoms with E-state index in [9.17, 15) is 0 Å². The molecule has 13 rings (SSSR count). The fraction of sp³-hybridized carbons (Fsp3) is 0.278. The second kappa shape index (κ2) is 39.8. The summed E-state index contributed by atoms with van der Waals surface area (Å²) in [5.74, 6) is 0.424. The molecule has 24 heteroatoms. The number of nitrogens with two attached hydrogens (primary N) is 8. The van der Waals surface area contributed by atoms with E-state index >= 15 is 0 Å². The summed E-state index contributed by atoms with van der Waals surface area (Å²) in [4.78, 5) is 8.33. The topological polar surface area (TPSA) is 398 Å². The van der Waals surface area contributed by atoms with Gasteiger partial charge in [0.1, 0.15) is 0 Å². The molecule has 96 heavy (non-hydrogen) atoms. The summed E-state index contributed by atoms with van der Waals surface area (Å²) >= 11 is 1.90. The number of rotatable bonds is 6. The Morgan fingerprint density at radius 2 is 0.823 bits per heavy atom. The Morgan fingerprint density at radius 1 is 0.406 bits per heavy atom. The van der Waals surface area contributed by atoms with Gasteiger partial charge in [0.05, 0.1) is 0 Å². The number of nitrogens with zero attached hydrogens (tertiary/aromatic N) is 8. The molecule has 8 heterocycles. The van der Waals surface area contributed by atoms with E-state index in [0.717, 1.165) is 119 Å². The summed E-state index contributed by atoms with van der Waals surface area (Å²) in [7, 11) is 0. The summed E-state index contributed by atoms with van der Waals surface area (Å²) < 4.78 is 12.0. The number of anilines is 8. The van der Waals surface area contributed by atoms with Crippen molar-refractivity contribution in [3.8, 4) is 69.7 Å². The fourth-order valence-corrected chi connectivity index (χ4v) is 26.0. The molecule has 0 atom stereocenters. The van der Waals surface area contributed by atoms with Crippen molar-refractivity contribution in [2.24, 2.45) is 0 Å². The van der Waals surface area contributed by atoms with Crippen molar-refractivity contribution in [1.29, 1.82) is 42.1 Å². The predicted octanol–water partition coefficient (Wildman–Crippen LogP) is 10.3. The van der Waals surface area contributed by atoms with Gasteiger partial charge in [0, 0.05) is 0 Å². The van der Waals surface area contributed by atoms with Gasteiger partial charge in [-0.25, -0.2) is 0 Å². The summed E-state index contributed by atoms with van der Waals surface area (Å²) in [6, 6.07) is 39.2. The van der Waals surface area contributed by atoms with Gasteiger partial charge >= 0.3 is 618 Å². The molecule has 0 radical (unpaired) electrons. The Morgan fingerprint density at radius 3 is 1.27 bits per heavy atom. The Hall–Kier alpha value is -7.24. The maximum absolute atomic E-state index is 8.96. The van der Waals surface area contributed by atoms with Crippen molar-refractivity contribution in [2.45, 2.75) is 130 Å². The first-order valence-corrected chi connectivity index (χ1v) is 44.9. The molecule has 0 saturated carbocycles. The van der Waals surface area contributed by atoms with Crippen molar-refractivity contribution in [3.63, 3.8) is 0 Å². The normalized spacial score (nSPS) is 11.7. The number of nitriles is 8. The zero-order valence-electron chi connectivity index (χ0n) is 53.8. The maximum atomic E-state index is 8.96. The Bertz CT molecular complexity index is 4550. The molecule has 8 aromatic heterocycles. The van der Waals surface area contributed by atoms with E-state index in [1.807, 2.05) is 78.6 Å². The van der Waals surface area contributed by atoms with Gasteiger partial charge in [0.2, 0.25) is 0 Å². The molecule has 0 fully saturated rings. The van der Waals surface area contributed by atoms with Crippen molar-refractivity contribution < 1.29 is 0 Å². The van der Waals surface area contributed by atoms with Crippen molar-refractivity contribution >= 4 is 153 Å². The molecule has 0 spiro atoms. The van der Waals surface area contributed by atoms with Crippen LogP contribution in [0.3, 0.4) is 0 Å². The quantitative estimate of drug-likeness (QED) is 0.0566. The first kappa shape index (κ1) is 77.8. The van der Waals surface area contributed by atoms with Gasteiger partial charge in [0.15, 0.2) is 0 Å². The van der Waals surface area contributed by atoms with Gasteiger partial charge in [0.25, 0.3) is 0 Å². The molecule has 3 aliphatic rings. The van der Waals surface area contributed by atoms with Crippen LogP contribution in [0.25, 0.3) is 21.1 Å². The predicted molar refractivity (Wildman–Crippen MR) is 398 cm³/mol. The van der Waals surface area contributed by atoms with Crippen molar-refractivity contribution in [2.75, 3.05) is 45.9 Å². The summed E-state index contributed by atoms with van der Waals surface area (Å²) in [6.45, 7) is 8.23. The van der Waals surface area contributed by atoms with Crippen LogP contribution in [0.2, 0.25) is 0 Å². The van der Waals surface area contributed by atoms with Gasteiger partial charge in [-0.2, -0.15) is 0 Å². The van der Waals surface area contributed by atoms with Crippen molar-refractivity contribution in [1.82, 2.24) is 0 Å². The van der Waals surface area contributed by atoms with Crippen LogP contribution >= 0.6 is 0 Å². The first-order chi connectivity index (χ1) is 46.3. The number of benzene rings is 2. The van der Waals surface area contributed by atoms with Crippen LogP contribution in [0.1, 0.15) is 169 Å². The third-order valence-corrected chi connectivity index (χ3v) is 31.8. The number of unbranched alkanes of at least 4 members (excludes halogenated alkanes) is 1. The standard InChI is InChI=1S/2C11H8N2Se.C10H12N2Se.C9H10N2Se.C9H12N2Se.C8H8N2Se.C8H10N2Se.C6H6N2Se/c12-6-9-10(7-14-11(9)13)8-4-2-1-3-5-8;12-7-9-6-10(14-11(9)13)8-4-2-1-3-5-8;11-6-8-7-4-2-1-3-5-9(7)13-10(8)12;10-5-7-6-3-1-2-4-8(6)12-9(7)11;1-2-3-4-7-6-12-9(11)8(7)5-10;9-4-6-5-2-1-3-7(5)11-8(6)10;1-5(2)7-4-11-8(10)6(7)3-9;1-4-3-9-6(8)5(4)2-7/h1-5,7H,13H2;1-6H,13H2;1-5,12H2;1-4,11H2;6H,2-4,11H2,1H3;1-3,10H2;4-5H,10H2,1-2H3;3H,8H2,1H3. The van der Waals surface area contributed by atoms with Crippen LogP contribution in [0, 0.1) is 97.6 Å². The summed E-state index contributed by atoms with van der Waals surface area (Å²) in [5.41, 5.74) is 62.0. The zero-order valence-corrected chi connectivity index (χ0v) is 67.5. The van der Waals surface area contributed by atoms with Gasteiger partial charge in [-0.1, -0.05) is 0 Å². The Balaban J connectivity index is 0.000000174. The molecule has 0 bridgehead atoms. The Kier molecular flexibility index (Phi) is 32.3. The summed E-state index contributed by atoms with van der Waals surface area (Å²) in [5, 5.41) is 70.3. The van der Waals surface area contributed by atoms with Crippen LogP contribution in [-0.2, 0) is 44.9 Å². The molecule has 0 amide bonds. The fourth-order valence-electron chi connectivity index (χ4n) is 10.3. The van der Waals surface area contributed by atoms with Gasteiger partial charge in [-0.05, 0) is 0 Å². The average molecular weight is 1800 g/mol. The molecule has 16 nitrogen and oxygen atoms in total. The van der Waals surface area contributed by atoms with E-state index < -0.39 is 0 Å². The minimum atomic E-state index is 0.117. The van der Waals surface area contributed by atoms with Crippen molar-refractivity contribution in [3.05, 3.63) is 178 Å². The van der Waals surface area contributed by atoms with E-state index in [0.29, 0.717) is 66.1 Å². The van der Waals surface area contributed by atoms with Crippen LogP contribution in [0.15, 0.2) is 86.5 Å². The average Bonchev–Trinajstić information content (AvgIpc) is 1.69. The SMILES string of the molecule is CC(C)c1c[se]c(N)c1C#N.CCCCc1c[se]c(N)c1C#N.Cc1c[se]c(N)c1C#N.N#Cc1c(-c2ccccc2)c[se]c1N.N#Cc1c(N)[se]c2c1CCC2.N#Cc1c(N)[se]c2c1CCCC2.N#Cc1c(N)[se]c2c1CCCCC2.N#Cc1cc(-c2ccccc2)[se]c1N. The number of nitrogen functional groups attached to an aromatic ring is 8. The van der Waals surface area contributed by atoms with E-state index in [4.69, 9.17) is 88.0 Å². The van der Waals surface area contributed by atoms with Crippen LogP contribution in [0.5, 0.6) is 0 Å². The molecule has 0 saturated heterocycles. The van der Waals surface area contributed by atoms with E-state index in [-0.39, 0.29) is 72.5 Å². The van der Waals surface area contributed by atoms with Gasteiger partial charge in [-0.3, -0.25) is 0 Å². The molecule has 16 N–H and O–H groups in total.